The molecule has 2 saturated heterocycles. The smallest absolute Gasteiger partial charge is 0.253 e. The second-order valence-corrected chi connectivity index (χ2v) is 7.02. The first kappa shape index (κ1) is 17.7. The SMILES string of the molecule is Cc1ccc(C(=O)N2CCN(c3cnnc(N4CCOCC4)c3)CC2)cc1. The van der Waals surface area contributed by atoms with Crippen LogP contribution in [0.1, 0.15) is 15.9 Å². The summed E-state index contributed by atoms with van der Waals surface area (Å²) in [7, 11) is 0. The number of aromatic nitrogens is 2. The molecule has 0 unspecified atom stereocenters. The summed E-state index contributed by atoms with van der Waals surface area (Å²) in [5, 5.41) is 8.47. The van der Waals surface area contributed by atoms with Crippen LogP contribution >= 0.6 is 0 Å². The van der Waals surface area contributed by atoms with Gasteiger partial charge in [-0.1, -0.05) is 17.7 Å². The maximum atomic E-state index is 12.7. The number of ether oxygens (including phenoxy) is 1. The van der Waals surface area contributed by atoms with E-state index in [2.05, 4.69) is 26.1 Å². The standard InChI is InChI=1S/C20H25N5O2/c1-16-2-4-17(5-3-16)20(26)25-8-6-23(7-9-25)18-14-19(22-21-15-18)24-10-12-27-13-11-24/h2-5,14-15H,6-13H2,1H3. The van der Waals surface area contributed by atoms with Gasteiger partial charge in [0.15, 0.2) is 5.82 Å². The number of benzene rings is 1. The third kappa shape index (κ3) is 4.03. The number of carbonyl (C=O) groups excluding carboxylic acids is 1. The molecule has 7 nitrogen and oxygen atoms in total. The average Bonchev–Trinajstić information content (AvgIpc) is 2.75. The van der Waals surface area contributed by atoms with E-state index in [4.69, 9.17) is 4.74 Å². The van der Waals surface area contributed by atoms with E-state index in [0.29, 0.717) is 13.1 Å². The molecule has 0 bridgehead atoms. The van der Waals surface area contributed by atoms with Crippen molar-refractivity contribution in [2.45, 2.75) is 6.92 Å². The Balaban J connectivity index is 1.39. The number of amides is 1. The minimum atomic E-state index is 0.108. The van der Waals surface area contributed by atoms with Crippen molar-refractivity contribution in [3.8, 4) is 0 Å². The van der Waals surface area contributed by atoms with Crippen molar-refractivity contribution < 1.29 is 9.53 Å². The predicted molar refractivity (Wildman–Crippen MR) is 104 cm³/mol. The van der Waals surface area contributed by atoms with Crippen LogP contribution in [0.5, 0.6) is 0 Å². The average molecular weight is 367 g/mol. The lowest BCUT2D eigenvalue weighted by molar-refractivity contribution is 0.0747. The van der Waals surface area contributed by atoms with Crippen LogP contribution < -0.4 is 9.80 Å². The van der Waals surface area contributed by atoms with E-state index in [1.807, 2.05) is 36.1 Å². The van der Waals surface area contributed by atoms with Crippen LogP contribution in [0.4, 0.5) is 11.5 Å². The van der Waals surface area contributed by atoms with Crippen LogP contribution in [-0.4, -0.2) is 73.5 Å². The Kier molecular flexibility index (Phi) is 5.20. The number of hydrogen-bond acceptors (Lipinski definition) is 6. The molecule has 2 aliphatic rings. The molecule has 1 amide bonds. The van der Waals surface area contributed by atoms with Gasteiger partial charge in [0, 0.05) is 50.9 Å². The first-order chi connectivity index (χ1) is 13.2. The largest absolute Gasteiger partial charge is 0.378 e. The zero-order valence-electron chi connectivity index (χ0n) is 15.7. The minimum absolute atomic E-state index is 0.108. The number of hydrogen-bond donors (Lipinski definition) is 0. The Morgan fingerprint density at radius 1 is 0.963 bits per heavy atom. The van der Waals surface area contributed by atoms with Crippen molar-refractivity contribution in [1.29, 1.82) is 0 Å². The molecule has 0 spiro atoms. The van der Waals surface area contributed by atoms with Gasteiger partial charge in [-0.2, -0.15) is 5.10 Å². The van der Waals surface area contributed by atoms with Crippen LogP contribution in [0.3, 0.4) is 0 Å². The summed E-state index contributed by atoms with van der Waals surface area (Å²) in [5.41, 5.74) is 2.99. The minimum Gasteiger partial charge on any atom is -0.378 e. The highest BCUT2D eigenvalue weighted by Gasteiger charge is 2.23. The van der Waals surface area contributed by atoms with Crippen LogP contribution in [0, 0.1) is 6.92 Å². The molecule has 142 valence electrons. The van der Waals surface area contributed by atoms with Crippen LogP contribution in [0.25, 0.3) is 0 Å². The monoisotopic (exact) mass is 367 g/mol. The number of nitrogens with zero attached hydrogens (tertiary/aromatic N) is 5. The molecule has 0 N–H and O–H groups in total. The highest BCUT2D eigenvalue weighted by atomic mass is 16.5. The molecule has 2 aromatic rings. The van der Waals surface area contributed by atoms with Gasteiger partial charge in [-0.25, -0.2) is 0 Å². The lowest BCUT2D eigenvalue weighted by Gasteiger charge is -2.36. The summed E-state index contributed by atoms with van der Waals surface area (Å²) < 4.78 is 5.41. The number of morpholine rings is 1. The molecule has 0 saturated carbocycles. The highest BCUT2D eigenvalue weighted by molar-refractivity contribution is 5.94. The quantitative estimate of drug-likeness (QED) is 0.821. The maximum Gasteiger partial charge on any atom is 0.253 e. The van der Waals surface area contributed by atoms with Gasteiger partial charge >= 0.3 is 0 Å². The Morgan fingerprint density at radius 2 is 1.67 bits per heavy atom. The summed E-state index contributed by atoms with van der Waals surface area (Å²) in [4.78, 5) is 19.1. The summed E-state index contributed by atoms with van der Waals surface area (Å²) >= 11 is 0. The molecule has 2 aliphatic heterocycles. The highest BCUT2D eigenvalue weighted by Crippen LogP contribution is 2.21. The Labute approximate surface area is 159 Å². The van der Waals surface area contributed by atoms with E-state index in [9.17, 15) is 4.79 Å². The van der Waals surface area contributed by atoms with Crippen molar-refractivity contribution in [3.05, 3.63) is 47.7 Å². The van der Waals surface area contributed by atoms with Gasteiger partial charge in [0.1, 0.15) is 0 Å². The fourth-order valence-corrected chi connectivity index (χ4v) is 3.51. The predicted octanol–water partition coefficient (Wildman–Crippen LogP) is 1.58. The zero-order valence-corrected chi connectivity index (χ0v) is 15.7. The molecule has 3 heterocycles. The maximum absolute atomic E-state index is 12.7. The van der Waals surface area contributed by atoms with Crippen LogP contribution in [0.15, 0.2) is 36.5 Å². The van der Waals surface area contributed by atoms with Crippen molar-refractivity contribution in [3.63, 3.8) is 0 Å². The first-order valence-electron chi connectivity index (χ1n) is 9.47. The molecule has 27 heavy (non-hydrogen) atoms. The summed E-state index contributed by atoms with van der Waals surface area (Å²) in [5.74, 6) is 1.01. The van der Waals surface area contributed by atoms with E-state index >= 15 is 0 Å². The lowest BCUT2D eigenvalue weighted by atomic mass is 10.1. The van der Waals surface area contributed by atoms with Crippen LogP contribution in [-0.2, 0) is 4.74 Å². The molecule has 7 heteroatoms. The molecule has 4 rings (SSSR count). The second kappa shape index (κ2) is 7.92. The summed E-state index contributed by atoms with van der Waals surface area (Å²) in [6.07, 6.45) is 1.81. The van der Waals surface area contributed by atoms with E-state index in [1.54, 1.807) is 6.20 Å². The van der Waals surface area contributed by atoms with Crippen molar-refractivity contribution >= 4 is 17.4 Å². The molecule has 2 fully saturated rings. The Hall–Kier alpha value is -2.67. The van der Waals surface area contributed by atoms with Gasteiger partial charge in [-0.05, 0) is 19.1 Å². The van der Waals surface area contributed by atoms with Gasteiger partial charge in [0.2, 0.25) is 0 Å². The van der Waals surface area contributed by atoms with Crippen LogP contribution in [0.2, 0.25) is 0 Å². The number of rotatable bonds is 3. The summed E-state index contributed by atoms with van der Waals surface area (Å²) in [6.45, 7) is 8.19. The molecular weight excluding hydrogens is 342 g/mol. The van der Waals surface area contributed by atoms with E-state index in [-0.39, 0.29) is 5.91 Å². The first-order valence-corrected chi connectivity index (χ1v) is 9.47. The van der Waals surface area contributed by atoms with Gasteiger partial charge in [-0.3, -0.25) is 4.79 Å². The van der Waals surface area contributed by atoms with Gasteiger partial charge in [0.25, 0.3) is 5.91 Å². The zero-order chi connectivity index (χ0) is 18.6. The van der Waals surface area contributed by atoms with Crippen molar-refractivity contribution in [2.75, 3.05) is 62.3 Å². The number of anilines is 2. The Bertz CT molecular complexity index is 781. The fraction of sp³-hybridized carbons (Fsp3) is 0.450. The fourth-order valence-electron chi connectivity index (χ4n) is 3.51. The summed E-state index contributed by atoms with van der Waals surface area (Å²) in [6, 6.07) is 9.88. The molecule has 0 atom stereocenters. The van der Waals surface area contributed by atoms with E-state index in [1.165, 1.54) is 0 Å². The third-order valence-electron chi connectivity index (χ3n) is 5.19. The normalized spacial score (nSPS) is 17.9. The number of aryl methyl sites for hydroxylation is 1. The molecule has 0 radical (unpaired) electrons. The van der Waals surface area contributed by atoms with Crippen molar-refractivity contribution in [2.24, 2.45) is 0 Å². The molecular formula is C20H25N5O2. The third-order valence-corrected chi connectivity index (χ3v) is 5.19. The molecule has 1 aromatic carbocycles. The number of piperazine rings is 1. The van der Waals surface area contributed by atoms with E-state index < -0.39 is 0 Å². The Morgan fingerprint density at radius 3 is 2.37 bits per heavy atom. The topological polar surface area (TPSA) is 61.8 Å². The lowest BCUT2D eigenvalue weighted by Crippen LogP contribution is -2.49. The van der Waals surface area contributed by atoms with Gasteiger partial charge < -0.3 is 19.4 Å². The molecule has 0 aliphatic carbocycles. The number of carbonyl (C=O) groups is 1. The second-order valence-electron chi connectivity index (χ2n) is 7.02. The molecule has 1 aromatic heterocycles. The van der Waals surface area contributed by atoms with Gasteiger partial charge in [-0.15, -0.1) is 5.10 Å². The van der Waals surface area contributed by atoms with Gasteiger partial charge in [0.05, 0.1) is 25.1 Å². The van der Waals surface area contributed by atoms with E-state index in [0.717, 1.165) is 62.0 Å². The van der Waals surface area contributed by atoms with Crippen molar-refractivity contribution in [1.82, 2.24) is 15.1 Å².